The van der Waals surface area contributed by atoms with Crippen LogP contribution < -0.4 is 0 Å². The van der Waals surface area contributed by atoms with Crippen molar-refractivity contribution < 1.29 is 9.53 Å². The molecule has 1 unspecified atom stereocenters. The van der Waals surface area contributed by atoms with Gasteiger partial charge in [-0.3, -0.25) is 0 Å². The summed E-state index contributed by atoms with van der Waals surface area (Å²) in [5, 5.41) is 0.712. The first-order valence-corrected chi connectivity index (χ1v) is 6.26. The first kappa shape index (κ1) is 13.2. The van der Waals surface area contributed by atoms with Gasteiger partial charge < -0.3 is 4.74 Å². The minimum absolute atomic E-state index is 0.339. The molecule has 0 aliphatic carbocycles. The summed E-state index contributed by atoms with van der Waals surface area (Å²) in [6.07, 6.45) is 1.43. The minimum atomic E-state index is -0.950. The zero-order valence-corrected chi connectivity index (χ0v) is 11.2. The molecule has 0 radical (unpaired) electrons. The molecule has 0 amide bonds. The van der Waals surface area contributed by atoms with Gasteiger partial charge in [0.1, 0.15) is 17.0 Å². The number of ether oxygens (including phenoxy) is 1. The number of aliphatic imine (C=N–C) groups is 2. The molecule has 0 N–H and O–H groups in total. The molecule has 90 valence electrons. The quantitative estimate of drug-likeness (QED) is 0.698. The lowest BCUT2D eigenvalue weighted by atomic mass is 10.1. The van der Waals surface area contributed by atoms with Crippen molar-refractivity contribution in [3.8, 4) is 0 Å². The molecular weight excluding hydrogens is 224 g/mol. The van der Waals surface area contributed by atoms with Gasteiger partial charge in [-0.15, -0.1) is 11.8 Å². The third-order valence-electron chi connectivity index (χ3n) is 1.98. The van der Waals surface area contributed by atoms with Gasteiger partial charge in [0, 0.05) is 0 Å². The van der Waals surface area contributed by atoms with Crippen molar-refractivity contribution in [2.45, 2.75) is 45.8 Å². The zero-order valence-electron chi connectivity index (χ0n) is 10.4. The summed E-state index contributed by atoms with van der Waals surface area (Å²) in [6, 6.07) is 0. The van der Waals surface area contributed by atoms with Crippen LogP contribution in [0.25, 0.3) is 0 Å². The van der Waals surface area contributed by atoms with Gasteiger partial charge >= 0.3 is 5.97 Å². The maximum absolute atomic E-state index is 12.0. The number of hydrogen-bond donors (Lipinski definition) is 0. The van der Waals surface area contributed by atoms with E-state index < -0.39 is 11.1 Å². The Kier molecular flexibility index (Phi) is 3.78. The largest absolute Gasteiger partial charge is 0.458 e. The predicted octanol–water partition coefficient (Wildman–Crippen LogP) is 2.28. The number of hydrogen-bond acceptors (Lipinski definition) is 5. The van der Waals surface area contributed by atoms with E-state index in [0.717, 1.165) is 5.75 Å². The normalized spacial score (nSPS) is 24.4. The Bertz CT molecular complexity index is 344. The molecule has 0 bridgehead atoms. The number of carbonyl (C=O) groups excluding carboxylic acids is 1. The van der Waals surface area contributed by atoms with E-state index in [0.29, 0.717) is 5.04 Å². The Balaban J connectivity index is 2.82. The minimum Gasteiger partial charge on any atom is -0.458 e. The highest BCUT2D eigenvalue weighted by molar-refractivity contribution is 8.14. The van der Waals surface area contributed by atoms with Crippen LogP contribution in [-0.2, 0) is 9.53 Å². The molecule has 0 saturated carbocycles. The van der Waals surface area contributed by atoms with Crippen molar-refractivity contribution in [3.05, 3.63) is 0 Å². The maximum Gasteiger partial charge on any atom is 0.341 e. The maximum atomic E-state index is 12.0. The molecule has 16 heavy (non-hydrogen) atoms. The molecule has 1 heterocycles. The molecule has 1 rings (SSSR count). The van der Waals surface area contributed by atoms with E-state index in [9.17, 15) is 4.79 Å². The van der Waals surface area contributed by atoms with E-state index in [4.69, 9.17) is 4.74 Å². The molecule has 5 heteroatoms. The molecule has 1 aliphatic rings. The lowest BCUT2D eigenvalue weighted by Crippen LogP contribution is -2.43. The molecule has 0 saturated heterocycles. The van der Waals surface area contributed by atoms with E-state index >= 15 is 0 Å². The number of nitrogens with zero attached hydrogens (tertiary/aromatic N) is 2. The van der Waals surface area contributed by atoms with Crippen molar-refractivity contribution in [1.82, 2.24) is 0 Å². The SMILES string of the molecule is CCSC1=NC=NC1(C)C(=O)OC(C)(C)C. The molecule has 0 spiro atoms. The highest BCUT2D eigenvalue weighted by Gasteiger charge is 2.43. The Morgan fingerprint density at radius 1 is 1.56 bits per heavy atom. The summed E-state index contributed by atoms with van der Waals surface area (Å²) in [6.45, 7) is 9.29. The predicted molar refractivity (Wildman–Crippen MR) is 68.3 cm³/mol. The van der Waals surface area contributed by atoms with Crippen molar-refractivity contribution >= 4 is 29.1 Å². The second kappa shape index (κ2) is 4.57. The first-order valence-electron chi connectivity index (χ1n) is 5.28. The monoisotopic (exact) mass is 242 g/mol. The van der Waals surface area contributed by atoms with Crippen LogP contribution in [-0.4, -0.2) is 34.2 Å². The van der Waals surface area contributed by atoms with Crippen LogP contribution in [0.5, 0.6) is 0 Å². The van der Waals surface area contributed by atoms with Crippen LogP contribution in [0.3, 0.4) is 0 Å². The van der Waals surface area contributed by atoms with Crippen molar-refractivity contribution in [2.75, 3.05) is 5.75 Å². The van der Waals surface area contributed by atoms with Gasteiger partial charge in [0.25, 0.3) is 0 Å². The summed E-state index contributed by atoms with van der Waals surface area (Å²) >= 11 is 1.52. The van der Waals surface area contributed by atoms with Crippen molar-refractivity contribution in [2.24, 2.45) is 9.98 Å². The summed E-state index contributed by atoms with van der Waals surface area (Å²) in [5.74, 6) is 0.522. The zero-order chi connectivity index (χ0) is 12.4. The fourth-order valence-corrected chi connectivity index (χ4v) is 2.02. The molecule has 1 atom stereocenters. The van der Waals surface area contributed by atoms with Crippen LogP contribution in [0.15, 0.2) is 9.98 Å². The van der Waals surface area contributed by atoms with Gasteiger partial charge in [0.05, 0.1) is 0 Å². The second-order valence-corrected chi connectivity index (χ2v) is 5.94. The lowest BCUT2D eigenvalue weighted by molar-refractivity contribution is -0.157. The van der Waals surface area contributed by atoms with Gasteiger partial charge in [-0.1, -0.05) is 6.92 Å². The Morgan fingerprint density at radius 2 is 2.19 bits per heavy atom. The van der Waals surface area contributed by atoms with Gasteiger partial charge in [0.15, 0.2) is 0 Å². The van der Waals surface area contributed by atoms with Gasteiger partial charge in [-0.25, -0.2) is 14.8 Å². The van der Waals surface area contributed by atoms with Gasteiger partial charge in [0.2, 0.25) is 5.54 Å². The van der Waals surface area contributed by atoms with E-state index in [1.807, 2.05) is 27.7 Å². The molecule has 0 aromatic heterocycles. The molecule has 0 aromatic rings. The summed E-state index contributed by atoms with van der Waals surface area (Å²) in [5.41, 5.74) is -1.45. The molecule has 0 fully saturated rings. The molecule has 4 nitrogen and oxygen atoms in total. The van der Waals surface area contributed by atoms with E-state index in [-0.39, 0.29) is 5.97 Å². The van der Waals surface area contributed by atoms with Gasteiger partial charge in [-0.05, 0) is 33.4 Å². The fraction of sp³-hybridized carbons (Fsp3) is 0.727. The Hall–Kier alpha value is -0.840. The fourth-order valence-electron chi connectivity index (χ4n) is 1.21. The number of thioether (sulfide) groups is 1. The third kappa shape index (κ3) is 2.84. The number of rotatable bonds is 2. The Labute approximate surface area is 101 Å². The smallest absolute Gasteiger partial charge is 0.341 e. The number of esters is 1. The molecular formula is C11H18N2O2S. The van der Waals surface area contributed by atoms with Crippen LogP contribution in [0.2, 0.25) is 0 Å². The molecule has 0 aromatic carbocycles. The second-order valence-electron chi connectivity index (χ2n) is 4.69. The lowest BCUT2D eigenvalue weighted by Gasteiger charge is -2.26. The summed E-state index contributed by atoms with van der Waals surface area (Å²) in [7, 11) is 0. The van der Waals surface area contributed by atoms with Gasteiger partial charge in [-0.2, -0.15) is 0 Å². The average Bonchev–Trinajstić information content (AvgIpc) is 2.47. The topological polar surface area (TPSA) is 51.0 Å². The van der Waals surface area contributed by atoms with Crippen LogP contribution in [0.1, 0.15) is 34.6 Å². The highest BCUT2D eigenvalue weighted by atomic mass is 32.2. The van der Waals surface area contributed by atoms with Crippen LogP contribution in [0, 0.1) is 0 Å². The average molecular weight is 242 g/mol. The molecule has 1 aliphatic heterocycles. The van der Waals surface area contributed by atoms with E-state index in [1.54, 1.807) is 6.92 Å². The van der Waals surface area contributed by atoms with Crippen LogP contribution in [0.4, 0.5) is 0 Å². The first-order chi connectivity index (χ1) is 7.29. The van der Waals surface area contributed by atoms with E-state index in [2.05, 4.69) is 9.98 Å². The van der Waals surface area contributed by atoms with Crippen LogP contribution >= 0.6 is 11.8 Å². The standard InChI is InChI=1S/C11H18N2O2S/c1-6-16-8-11(5,13-7-12-8)9(14)15-10(2,3)4/h7H,6H2,1-5H3. The highest BCUT2D eigenvalue weighted by Crippen LogP contribution is 2.28. The summed E-state index contributed by atoms with van der Waals surface area (Å²) < 4.78 is 5.35. The van der Waals surface area contributed by atoms with E-state index in [1.165, 1.54) is 18.1 Å². The Morgan fingerprint density at radius 3 is 2.69 bits per heavy atom. The number of carbonyl (C=O) groups is 1. The van der Waals surface area contributed by atoms with Crippen molar-refractivity contribution in [3.63, 3.8) is 0 Å². The summed E-state index contributed by atoms with van der Waals surface area (Å²) in [4.78, 5) is 20.3. The third-order valence-corrected chi connectivity index (χ3v) is 3.05. The van der Waals surface area contributed by atoms with Crippen molar-refractivity contribution in [1.29, 1.82) is 0 Å².